The monoisotopic (exact) mass is 284 g/mol. The number of hydrogen-bond acceptors (Lipinski definition) is 2. The van der Waals surface area contributed by atoms with Crippen LogP contribution in [0.2, 0.25) is 0 Å². The van der Waals surface area contributed by atoms with E-state index in [1.165, 1.54) is 0 Å². The molecule has 0 aromatic heterocycles. The van der Waals surface area contributed by atoms with Gasteiger partial charge in [-0.05, 0) is 25.0 Å². The lowest BCUT2D eigenvalue weighted by molar-refractivity contribution is -0.154. The minimum atomic E-state index is -1.24. The second-order valence-electron chi connectivity index (χ2n) is 5.77. The van der Waals surface area contributed by atoms with Crippen LogP contribution in [0, 0.1) is 5.41 Å². The largest absolute Gasteiger partial charge is 0.481 e. The Kier molecular flexibility index (Phi) is 4.43. The van der Waals surface area contributed by atoms with E-state index in [0.717, 1.165) is 11.1 Å². The fourth-order valence-electron chi connectivity index (χ4n) is 2.42. The first-order valence-corrected chi connectivity index (χ1v) is 6.96. The maximum Gasteiger partial charge on any atom is 0.311 e. The molecule has 0 fully saturated rings. The number of aliphatic hydroxyl groups is 1. The van der Waals surface area contributed by atoms with Crippen molar-refractivity contribution < 1.29 is 15.0 Å². The molecule has 0 saturated heterocycles. The van der Waals surface area contributed by atoms with Gasteiger partial charge in [0.15, 0.2) is 0 Å². The smallest absolute Gasteiger partial charge is 0.311 e. The molecule has 0 spiro atoms. The molecule has 21 heavy (non-hydrogen) atoms. The van der Waals surface area contributed by atoms with Crippen molar-refractivity contribution in [3.05, 3.63) is 71.8 Å². The normalized spacial score (nSPS) is 13.1. The molecule has 0 aliphatic carbocycles. The van der Waals surface area contributed by atoms with Crippen LogP contribution in [0.3, 0.4) is 0 Å². The highest BCUT2D eigenvalue weighted by Gasteiger charge is 2.41. The van der Waals surface area contributed by atoms with Crippen molar-refractivity contribution in [1.82, 2.24) is 0 Å². The zero-order chi connectivity index (χ0) is 15.5. The van der Waals surface area contributed by atoms with Gasteiger partial charge in [-0.2, -0.15) is 0 Å². The molecule has 0 saturated carbocycles. The lowest BCUT2D eigenvalue weighted by atomic mass is 9.74. The van der Waals surface area contributed by atoms with E-state index in [0.29, 0.717) is 0 Å². The van der Waals surface area contributed by atoms with E-state index in [-0.39, 0.29) is 5.92 Å². The SMILES string of the molecule is CC(C)(C(=O)O)C(O)C(c1ccccc1)c1ccccc1. The molecule has 0 heterocycles. The summed E-state index contributed by atoms with van der Waals surface area (Å²) in [4.78, 5) is 11.5. The van der Waals surface area contributed by atoms with Crippen molar-refractivity contribution in [2.24, 2.45) is 5.41 Å². The van der Waals surface area contributed by atoms with E-state index in [2.05, 4.69) is 0 Å². The van der Waals surface area contributed by atoms with Gasteiger partial charge in [-0.25, -0.2) is 0 Å². The van der Waals surface area contributed by atoms with Gasteiger partial charge >= 0.3 is 5.97 Å². The topological polar surface area (TPSA) is 57.5 Å². The van der Waals surface area contributed by atoms with Crippen LogP contribution in [-0.2, 0) is 4.79 Å². The summed E-state index contributed by atoms with van der Waals surface area (Å²) in [5, 5.41) is 20.1. The van der Waals surface area contributed by atoms with Gasteiger partial charge in [0.2, 0.25) is 0 Å². The molecular formula is C18H20O3. The van der Waals surface area contributed by atoms with Gasteiger partial charge in [0.1, 0.15) is 0 Å². The van der Waals surface area contributed by atoms with Crippen molar-refractivity contribution in [2.75, 3.05) is 0 Å². The van der Waals surface area contributed by atoms with Crippen molar-refractivity contribution >= 4 is 5.97 Å². The molecule has 0 amide bonds. The molecule has 2 aromatic rings. The van der Waals surface area contributed by atoms with Crippen LogP contribution in [0.1, 0.15) is 30.9 Å². The summed E-state index contributed by atoms with van der Waals surface area (Å²) in [5.41, 5.74) is 0.576. The molecule has 0 bridgehead atoms. The standard InChI is InChI=1S/C18H20O3/c1-18(2,17(20)21)16(19)15(13-9-5-3-6-10-13)14-11-7-4-8-12-14/h3-12,15-16,19H,1-2H3,(H,20,21). The average Bonchev–Trinajstić information content (AvgIpc) is 2.49. The predicted octanol–water partition coefficient (Wildman–Crippen LogP) is 3.29. The maximum absolute atomic E-state index is 11.5. The second-order valence-corrected chi connectivity index (χ2v) is 5.77. The van der Waals surface area contributed by atoms with E-state index in [9.17, 15) is 15.0 Å². The number of hydrogen-bond donors (Lipinski definition) is 2. The van der Waals surface area contributed by atoms with Crippen LogP contribution in [0.5, 0.6) is 0 Å². The first-order chi connectivity index (χ1) is 9.94. The summed E-state index contributed by atoms with van der Waals surface area (Å²) in [6.07, 6.45) is -1.03. The number of rotatable bonds is 5. The number of carbonyl (C=O) groups is 1. The zero-order valence-corrected chi connectivity index (χ0v) is 12.2. The summed E-state index contributed by atoms with van der Waals surface area (Å²) in [5.74, 6) is -1.38. The number of aliphatic carboxylic acids is 1. The van der Waals surface area contributed by atoms with Gasteiger partial charge in [-0.3, -0.25) is 4.79 Å². The Bertz CT molecular complexity index is 551. The second kappa shape index (κ2) is 6.10. The minimum absolute atomic E-state index is 0.376. The van der Waals surface area contributed by atoms with Gasteiger partial charge in [-0.1, -0.05) is 60.7 Å². The van der Waals surface area contributed by atoms with Crippen LogP contribution in [0.25, 0.3) is 0 Å². The van der Waals surface area contributed by atoms with Gasteiger partial charge in [0.05, 0.1) is 11.5 Å². The first kappa shape index (κ1) is 15.3. The lowest BCUT2D eigenvalue weighted by Crippen LogP contribution is -2.41. The third-order valence-corrected chi connectivity index (χ3v) is 3.92. The predicted molar refractivity (Wildman–Crippen MR) is 82.2 cm³/mol. The van der Waals surface area contributed by atoms with Crippen LogP contribution >= 0.6 is 0 Å². The molecule has 2 rings (SSSR count). The molecule has 0 aliphatic rings. The fourth-order valence-corrected chi connectivity index (χ4v) is 2.42. The third-order valence-electron chi connectivity index (χ3n) is 3.92. The molecule has 1 atom stereocenters. The number of benzene rings is 2. The molecule has 0 radical (unpaired) electrons. The number of aliphatic hydroxyl groups excluding tert-OH is 1. The van der Waals surface area contributed by atoms with Crippen LogP contribution < -0.4 is 0 Å². The maximum atomic E-state index is 11.5. The van der Waals surface area contributed by atoms with Crippen LogP contribution in [0.15, 0.2) is 60.7 Å². The Morgan fingerprint density at radius 2 is 1.29 bits per heavy atom. The lowest BCUT2D eigenvalue weighted by Gasteiger charge is -2.33. The molecule has 2 aromatic carbocycles. The summed E-state index contributed by atoms with van der Waals surface area (Å²) in [7, 11) is 0. The fraction of sp³-hybridized carbons (Fsp3) is 0.278. The average molecular weight is 284 g/mol. The van der Waals surface area contributed by atoms with E-state index in [1.54, 1.807) is 13.8 Å². The summed E-state index contributed by atoms with van der Waals surface area (Å²) < 4.78 is 0. The minimum Gasteiger partial charge on any atom is -0.481 e. The highest BCUT2D eigenvalue weighted by atomic mass is 16.4. The van der Waals surface area contributed by atoms with E-state index in [4.69, 9.17) is 0 Å². The highest BCUT2D eigenvalue weighted by molar-refractivity contribution is 5.74. The first-order valence-electron chi connectivity index (χ1n) is 6.96. The van der Waals surface area contributed by atoms with Gasteiger partial charge in [-0.15, -0.1) is 0 Å². The van der Waals surface area contributed by atoms with Gasteiger partial charge in [0.25, 0.3) is 0 Å². The number of carboxylic acid groups (broad SMARTS) is 1. The van der Waals surface area contributed by atoms with Crippen LogP contribution in [0.4, 0.5) is 0 Å². The van der Waals surface area contributed by atoms with Crippen molar-refractivity contribution in [2.45, 2.75) is 25.9 Å². The molecule has 3 nitrogen and oxygen atoms in total. The Hall–Kier alpha value is -2.13. The summed E-state index contributed by atoms with van der Waals surface area (Å²) >= 11 is 0. The summed E-state index contributed by atoms with van der Waals surface area (Å²) in [6, 6.07) is 19.0. The Morgan fingerprint density at radius 1 is 0.905 bits per heavy atom. The van der Waals surface area contributed by atoms with Gasteiger partial charge < -0.3 is 10.2 Å². The van der Waals surface area contributed by atoms with Crippen molar-refractivity contribution in [3.8, 4) is 0 Å². The van der Waals surface area contributed by atoms with E-state index < -0.39 is 17.5 Å². The van der Waals surface area contributed by atoms with Gasteiger partial charge in [0, 0.05) is 5.92 Å². The molecule has 3 heteroatoms. The van der Waals surface area contributed by atoms with Crippen molar-refractivity contribution in [1.29, 1.82) is 0 Å². The quantitative estimate of drug-likeness (QED) is 0.885. The Morgan fingerprint density at radius 3 is 1.62 bits per heavy atom. The van der Waals surface area contributed by atoms with E-state index in [1.807, 2.05) is 60.7 Å². The molecule has 110 valence electrons. The molecule has 1 unspecified atom stereocenters. The third kappa shape index (κ3) is 3.14. The number of carboxylic acids is 1. The molecule has 0 aliphatic heterocycles. The summed E-state index contributed by atoms with van der Waals surface area (Å²) in [6.45, 7) is 3.11. The molecule has 2 N–H and O–H groups in total. The Balaban J connectivity index is 2.50. The Labute approximate surface area is 124 Å². The molecular weight excluding hydrogens is 264 g/mol. The van der Waals surface area contributed by atoms with Crippen molar-refractivity contribution in [3.63, 3.8) is 0 Å². The van der Waals surface area contributed by atoms with Crippen LogP contribution in [-0.4, -0.2) is 22.3 Å². The highest BCUT2D eigenvalue weighted by Crippen LogP contribution is 2.37. The zero-order valence-electron chi connectivity index (χ0n) is 12.2. The van der Waals surface area contributed by atoms with E-state index >= 15 is 0 Å².